The molecule has 10 heteroatoms. The van der Waals surface area contributed by atoms with Gasteiger partial charge >= 0.3 is 11.8 Å². The number of hydrogen-bond acceptors (Lipinski definition) is 7. The fraction of sp³-hybridized carbons (Fsp3) is 0.364. The van der Waals surface area contributed by atoms with Gasteiger partial charge in [0.2, 0.25) is 5.28 Å². The van der Waals surface area contributed by atoms with E-state index in [1.54, 1.807) is 16.8 Å². The molecular weight excluding hydrogens is 300 g/mol. The van der Waals surface area contributed by atoms with Crippen LogP contribution in [0.4, 0.5) is 11.6 Å². The van der Waals surface area contributed by atoms with E-state index in [9.17, 15) is 10.1 Å². The number of nitrogens with zero attached hydrogens (tertiary/aromatic N) is 6. The molecule has 0 amide bonds. The lowest BCUT2D eigenvalue weighted by Crippen LogP contribution is -2.34. The van der Waals surface area contributed by atoms with Crippen molar-refractivity contribution >= 4 is 23.2 Å². The van der Waals surface area contributed by atoms with Crippen LogP contribution in [0.5, 0.6) is 6.01 Å². The van der Waals surface area contributed by atoms with Crippen molar-refractivity contribution in [1.82, 2.24) is 19.5 Å². The first-order valence-corrected chi connectivity index (χ1v) is 6.59. The van der Waals surface area contributed by atoms with Crippen molar-refractivity contribution in [2.45, 2.75) is 6.54 Å². The predicted octanol–water partition coefficient (Wildman–Crippen LogP) is 1.13. The third-order valence-electron chi connectivity index (χ3n) is 3.05. The molecule has 1 aliphatic rings. The van der Waals surface area contributed by atoms with Crippen LogP contribution in [-0.4, -0.2) is 44.1 Å². The molecule has 9 nitrogen and oxygen atoms in total. The van der Waals surface area contributed by atoms with Gasteiger partial charge in [0.25, 0.3) is 0 Å². The van der Waals surface area contributed by atoms with Crippen molar-refractivity contribution < 1.29 is 9.66 Å². The Morgan fingerprint density at radius 3 is 2.95 bits per heavy atom. The predicted molar refractivity (Wildman–Crippen MR) is 73.6 cm³/mol. The lowest BCUT2D eigenvalue weighted by atomic mass is 10.4. The van der Waals surface area contributed by atoms with Crippen LogP contribution in [-0.2, 0) is 6.54 Å². The summed E-state index contributed by atoms with van der Waals surface area (Å²) in [6.07, 6.45) is 2.95. The van der Waals surface area contributed by atoms with Crippen LogP contribution in [0.1, 0.15) is 0 Å². The molecule has 0 atom stereocenters. The van der Waals surface area contributed by atoms with Crippen molar-refractivity contribution in [2.75, 3.05) is 24.6 Å². The van der Waals surface area contributed by atoms with Crippen molar-refractivity contribution in [3.8, 4) is 6.01 Å². The molecule has 0 spiro atoms. The lowest BCUT2D eigenvalue weighted by Gasteiger charge is -2.25. The number of imidazole rings is 1. The van der Waals surface area contributed by atoms with Crippen LogP contribution >= 0.6 is 11.6 Å². The zero-order valence-corrected chi connectivity index (χ0v) is 11.6. The molecule has 0 aliphatic carbocycles. The molecule has 0 aromatic carbocycles. The molecule has 3 rings (SSSR count). The van der Waals surface area contributed by atoms with Gasteiger partial charge in [-0.25, -0.2) is 9.97 Å². The molecule has 110 valence electrons. The normalized spacial score (nSPS) is 14.8. The van der Waals surface area contributed by atoms with E-state index in [4.69, 9.17) is 16.3 Å². The Balaban J connectivity index is 1.80. The fourth-order valence-electron chi connectivity index (χ4n) is 2.07. The number of rotatable bonds is 2. The van der Waals surface area contributed by atoms with Gasteiger partial charge < -0.3 is 19.8 Å². The number of fused-ring (bicyclic) bond motifs is 1. The molecule has 0 saturated heterocycles. The van der Waals surface area contributed by atoms with E-state index < -0.39 is 4.92 Å². The Morgan fingerprint density at radius 1 is 1.33 bits per heavy atom. The highest BCUT2D eigenvalue weighted by Gasteiger charge is 2.23. The minimum atomic E-state index is -0.538. The fourth-order valence-corrected chi connectivity index (χ4v) is 2.21. The van der Waals surface area contributed by atoms with Crippen molar-refractivity contribution in [3.05, 3.63) is 33.9 Å². The lowest BCUT2D eigenvalue weighted by molar-refractivity contribution is -0.389. The molecule has 0 unspecified atom stereocenters. The largest absolute Gasteiger partial charge is 0.444 e. The second-order valence-corrected chi connectivity index (χ2v) is 4.69. The summed E-state index contributed by atoms with van der Waals surface area (Å²) in [7, 11) is 0. The van der Waals surface area contributed by atoms with Crippen LogP contribution in [0.25, 0.3) is 0 Å². The van der Waals surface area contributed by atoms with E-state index in [0.29, 0.717) is 32.1 Å². The van der Waals surface area contributed by atoms with E-state index in [1.165, 1.54) is 6.20 Å². The summed E-state index contributed by atoms with van der Waals surface area (Å²) in [5, 5.41) is 10.9. The van der Waals surface area contributed by atoms with Gasteiger partial charge in [0, 0.05) is 24.3 Å². The molecule has 0 saturated carbocycles. The highest BCUT2D eigenvalue weighted by Crippen LogP contribution is 2.20. The minimum absolute atomic E-state index is 0.175. The van der Waals surface area contributed by atoms with E-state index in [1.807, 2.05) is 4.90 Å². The first-order chi connectivity index (χ1) is 10.1. The summed E-state index contributed by atoms with van der Waals surface area (Å²) in [6.45, 7) is 2.03. The Bertz CT molecular complexity index is 676. The smallest absolute Gasteiger partial charge is 0.414 e. The van der Waals surface area contributed by atoms with Gasteiger partial charge in [-0.15, -0.1) is 0 Å². The van der Waals surface area contributed by atoms with Crippen LogP contribution in [0.15, 0.2) is 18.5 Å². The van der Waals surface area contributed by atoms with Gasteiger partial charge in [0.1, 0.15) is 18.6 Å². The molecular formula is C11H11ClN6O3. The van der Waals surface area contributed by atoms with Crippen LogP contribution < -0.4 is 9.64 Å². The molecule has 1 aliphatic heterocycles. The number of hydrogen-bond donors (Lipinski definition) is 0. The van der Waals surface area contributed by atoms with Gasteiger partial charge in [-0.1, -0.05) is 0 Å². The Hall–Kier alpha value is -2.42. The molecule has 0 radical (unpaired) electrons. The van der Waals surface area contributed by atoms with Gasteiger partial charge in [-0.05, 0) is 22.6 Å². The van der Waals surface area contributed by atoms with Gasteiger partial charge in [-0.2, -0.15) is 0 Å². The average Bonchev–Trinajstić information content (AvgIpc) is 2.82. The van der Waals surface area contributed by atoms with Crippen LogP contribution in [0.3, 0.4) is 0 Å². The zero-order valence-electron chi connectivity index (χ0n) is 10.8. The summed E-state index contributed by atoms with van der Waals surface area (Å²) in [5.41, 5.74) is 0. The first-order valence-electron chi connectivity index (χ1n) is 6.21. The summed E-state index contributed by atoms with van der Waals surface area (Å²) in [5.74, 6) is 0.472. The monoisotopic (exact) mass is 310 g/mol. The highest BCUT2D eigenvalue weighted by molar-refractivity contribution is 6.28. The molecule has 2 aromatic rings. The number of halogens is 1. The Kier molecular flexibility index (Phi) is 3.57. The van der Waals surface area contributed by atoms with Crippen molar-refractivity contribution in [1.29, 1.82) is 0 Å². The van der Waals surface area contributed by atoms with E-state index >= 15 is 0 Å². The van der Waals surface area contributed by atoms with Crippen molar-refractivity contribution in [3.63, 3.8) is 0 Å². The number of aromatic nitrogens is 4. The minimum Gasteiger partial charge on any atom is -0.444 e. The molecule has 21 heavy (non-hydrogen) atoms. The Morgan fingerprint density at radius 2 is 2.19 bits per heavy atom. The molecule has 0 fully saturated rings. The summed E-state index contributed by atoms with van der Waals surface area (Å²) >= 11 is 5.79. The molecule has 0 bridgehead atoms. The third kappa shape index (κ3) is 2.87. The number of anilines is 1. The van der Waals surface area contributed by atoms with E-state index in [0.717, 1.165) is 0 Å². The molecule has 2 aromatic heterocycles. The van der Waals surface area contributed by atoms with E-state index in [-0.39, 0.29) is 17.1 Å². The quantitative estimate of drug-likeness (QED) is 0.466. The Labute approximate surface area is 124 Å². The number of ether oxygens (including phenoxy) is 1. The summed E-state index contributed by atoms with van der Waals surface area (Å²) in [4.78, 5) is 24.0. The maximum Gasteiger partial charge on any atom is 0.414 e. The second-order valence-electron chi connectivity index (χ2n) is 4.35. The molecule has 0 N–H and O–H groups in total. The van der Waals surface area contributed by atoms with Gasteiger partial charge in [-0.3, -0.25) is 4.57 Å². The van der Waals surface area contributed by atoms with Crippen molar-refractivity contribution in [2.24, 2.45) is 0 Å². The zero-order chi connectivity index (χ0) is 14.8. The maximum absolute atomic E-state index is 10.7. The number of nitro groups is 1. The van der Waals surface area contributed by atoms with E-state index in [2.05, 4.69) is 15.0 Å². The van der Waals surface area contributed by atoms with Gasteiger partial charge in [0.05, 0.1) is 6.54 Å². The van der Waals surface area contributed by atoms with Crippen LogP contribution in [0.2, 0.25) is 5.28 Å². The maximum atomic E-state index is 10.7. The third-order valence-corrected chi connectivity index (χ3v) is 3.24. The topological polar surface area (TPSA) is 99.2 Å². The van der Waals surface area contributed by atoms with Crippen LogP contribution in [0, 0.1) is 10.1 Å². The SMILES string of the molecule is O=[N+]([O-])c1cn2c(n1)OCCN(c1ccnc(Cl)n1)CC2. The average molecular weight is 311 g/mol. The standard InChI is InChI=1S/C11H11ClN6O3/c12-10-13-2-1-8(14-10)16-3-4-17-7-9(18(19)20)15-11(17)21-6-5-16/h1-2,7H,3-6H2. The second kappa shape index (κ2) is 5.52. The summed E-state index contributed by atoms with van der Waals surface area (Å²) in [6, 6.07) is 2.02. The highest BCUT2D eigenvalue weighted by atomic mass is 35.5. The first kappa shape index (κ1) is 13.6. The van der Waals surface area contributed by atoms with Gasteiger partial charge in [0.15, 0.2) is 0 Å². The molecule has 3 heterocycles. The summed E-state index contributed by atoms with van der Waals surface area (Å²) < 4.78 is 7.09.